The molecule has 1 saturated heterocycles. The molecule has 0 aliphatic carbocycles. The van der Waals surface area contributed by atoms with Gasteiger partial charge in [-0.3, -0.25) is 14.4 Å². The molecule has 1 aliphatic rings. The predicted molar refractivity (Wildman–Crippen MR) is 101 cm³/mol. The van der Waals surface area contributed by atoms with Crippen molar-refractivity contribution in [1.82, 2.24) is 19.2 Å². The molecular weight excluding hydrogens is 328 g/mol. The van der Waals surface area contributed by atoms with E-state index in [0.717, 1.165) is 38.3 Å². The predicted octanol–water partition coefficient (Wildman–Crippen LogP) is 2.03. The highest BCUT2D eigenvalue weighted by atomic mass is 16.5. The molecule has 1 atom stereocenters. The van der Waals surface area contributed by atoms with Crippen LogP contribution in [0.1, 0.15) is 12.0 Å². The fraction of sp³-hybridized carbons (Fsp3) is 0.400. The van der Waals surface area contributed by atoms with Crippen molar-refractivity contribution in [2.24, 2.45) is 7.05 Å². The van der Waals surface area contributed by atoms with E-state index in [0.29, 0.717) is 11.9 Å². The van der Waals surface area contributed by atoms with Crippen LogP contribution < -0.4 is 5.43 Å². The first kappa shape index (κ1) is 17.0. The molecule has 1 aromatic carbocycles. The molecule has 0 amide bonds. The summed E-state index contributed by atoms with van der Waals surface area (Å²) in [5.41, 5.74) is 2.18. The summed E-state index contributed by atoms with van der Waals surface area (Å²) < 4.78 is 9.94. The van der Waals surface area contributed by atoms with Gasteiger partial charge in [0.25, 0.3) is 0 Å². The quantitative estimate of drug-likeness (QED) is 0.721. The van der Waals surface area contributed by atoms with Gasteiger partial charge < -0.3 is 9.30 Å². The van der Waals surface area contributed by atoms with Crippen molar-refractivity contribution < 1.29 is 4.74 Å². The SMILES string of the molecule is Cn1ncc2c(=O)ccn(CC3CN(Cc4ccccc4)CCCO3)c21. The number of nitrogens with zero attached hydrogens (tertiary/aromatic N) is 4. The van der Waals surface area contributed by atoms with Crippen molar-refractivity contribution in [2.45, 2.75) is 25.6 Å². The maximum atomic E-state index is 12.0. The van der Waals surface area contributed by atoms with Gasteiger partial charge in [0.2, 0.25) is 0 Å². The van der Waals surface area contributed by atoms with Crippen LogP contribution in [0.2, 0.25) is 0 Å². The van der Waals surface area contributed by atoms with E-state index in [1.165, 1.54) is 5.56 Å². The zero-order valence-corrected chi connectivity index (χ0v) is 15.0. The van der Waals surface area contributed by atoms with E-state index < -0.39 is 0 Å². The van der Waals surface area contributed by atoms with Crippen LogP contribution in [0.15, 0.2) is 53.6 Å². The molecule has 0 spiro atoms. The topological polar surface area (TPSA) is 52.3 Å². The van der Waals surface area contributed by atoms with Gasteiger partial charge in [-0.15, -0.1) is 0 Å². The first-order chi connectivity index (χ1) is 12.7. The minimum atomic E-state index is 0.0110. The van der Waals surface area contributed by atoms with E-state index >= 15 is 0 Å². The third-order valence-electron chi connectivity index (χ3n) is 4.93. The first-order valence-electron chi connectivity index (χ1n) is 9.10. The van der Waals surface area contributed by atoms with Crippen LogP contribution >= 0.6 is 0 Å². The molecule has 6 nitrogen and oxygen atoms in total. The van der Waals surface area contributed by atoms with Gasteiger partial charge in [-0.05, 0) is 12.0 Å². The molecule has 4 rings (SSSR count). The highest BCUT2D eigenvalue weighted by molar-refractivity contribution is 5.74. The second-order valence-electron chi connectivity index (χ2n) is 6.90. The number of pyridine rings is 1. The minimum Gasteiger partial charge on any atom is -0.375 e. The van der Waals surface area contributed by atoms with Gasteiger partial charge in [0.05, 0.1) is 24.2 Å². The highest BCUT2D eigenvalue weighted by Crippen LogP contribution is 2.15. The van der Waals surface area contributed by atoms with Crippen LogP contribution in [0.3, 0.4) is 0 Å². The van der Waals surface area contributed by atoms with Crippen molar-refractivity contribution in [1.29, 1.82) is 0 Å². The molecule has 0 saturated carbocycles. The van der Waals surface area contributed by atoms with E-state index in [1.807, 2.05) is 19.3 Å². The van der Waals surface area contributed by atoms with Gasteiger partial charge in [-0.25, -0.2) is 0 Å². The normalized spacial score (nSPS) is 18.9. The number of rotatable bonds is 4. The average molecular weight is 352 g/mol. The fourth-order valence-corrected chi connectivity index (χ4v) is 3.70. The van der Waals surface area contributed by atoms with E-state index in [-0.39, 0.29) is 11.5 Å². The monoisotopic (exact) mass is 352 g/mol. The third kappa shape index (κ3) is 3.57. The van der Waals surface area contributed by atoms with Gasteiger partial charge in [0, 0.05) is 45.6 Å². The largest absolute Gasteiger partial charge is 0.375 e. The van der Waals surface area contributed by atoms with Crippen molar-refractivity contribution >= 4 is 11.0 Å². The Balaban J connectivity index is 1.53. The second-order valence-corrected chi connectivity index (χ2v) is 6.90. The average Bonchev–Trinajstić information content (AvgIpc) is 2.91. The van der Waals surface area contributed by atoms with Gasteiger partial charge in [-0.1, -0.05) is 30.3 Å². The maximum absolute atomic E-state index is 12.0. The van der Waals surface area contributed by atoms with Crippen molar-refractivity contribution in [3.05, 3.63) is 64.6 Å². The smallest absolute Gasteiger partial charge is 0.192 e. The van der Waals surface area contributed by atoms with Crippen LogP contribution in [-0.4, -0.2) is 45.0 Å². The summed E-state index contributed by atoms with van der Waals surface area (Å²) in [6.45, 7) is 4.33. The molecule has 0 bridgehead atoms. The number of hydrogen-bond acceptors (Lipinski definition) is 4. The third-order valence-corrected chi connectivity index (χ3v) is 4.93. The molecule has 3 heterocycles. The number of aryl methyl sites for hydroxylation is 1. The Morgan fingerprint density at radius 2 is 2.08 bits per heavy atom. The standard InChI is InChI=1S/C20H24N4O2/c1-22-20-18(12-21-22)19(25)8-10-24(20)15-17-14-23(9-5-11-26-17)13-16-6-3-2-4-7-16/h2-4,6-8,10,12,17H,5,9,11,13-15H2,1H3. The van der Waals surface area contributed by atoms with Crippen LogP contribution in [-0.2, 0) is 24.9 Å². The van der Waals surface area contributed by atoms with Crippen molar-refractivity contribution in [3.8, 4) is 0 Å². The second kappa shape index (κ2) is 7.43. The van der Waals surface area contributed by atoms with Crippen LogP contribution in [0.5, 0.6) is 0 Å². The summed E-state index contributed by atoms with van der Waals surface area (Å²) in [6.07, 6.45) is 4.61. The van der Waals surface area contributed by atoms with Gasteiger partial charge in [-0.2, -0.15) is 5.10 Å². The summed E-state index contributed by atoms with van der Waals surface area (Å²) in [5.74, 6) is 0. The summed E-state index contributed by atoms with van der Waals surface area (Å²) in [6, 6.07) is 12.2. The van der Waals surface area contributed by atoms with Gasteiger partial charge in [0.1, 0.15) is 5.65 Å². The molecule has 136 valence electrons. The number of benzene rings is 1. The minimum absolute atomic E-state index is 0.0110. The lowest BCUT2D eigenvalue weighted by atomic mass is 10.2. The lowest BCUT2D eigenvalue weighted by Gasteiger charge is -2.25. The number of fused-ring (bicyclic) bond motifs is 1. The van der Waals surface area contributed by atoms with E-state index in [2.05, 4.69) is 38.8 Å². The molecular formula is C20H24N4O2. The van der Waals surface area contributed by atoms with Crippen LogP contribution in [0, 0.1) is 0 Å². The summed E-state index contributed by atoms with van der Waals surface area (Å²) in [7, 11) is 1.87. The first-order valence-corrected chi connectivity index (χ1v) is 9.10. The van der Waals surface area contributed by atoms with Gasteiger partial charge in [0.15, 0.2) is 5.43 Å². The zero-order chi connectivity index (χ0) is 17.9. The molecule has 3 aromatic rings. The number of aromatic nitrogens is 3. The van der Waals surface area contributed by atoms with Crippen molar-refractivity contribution in [3.63, 3.8) is 0 Å². The van der Waals surface area contributed by atoms with E-state index in [1.54, 1.807) is 16.9 Å². The Bertz CT molecular complexity index is 932. The summed E-state index contributed by atoms with van der Waals surface area (Å²) in [5, 5.41) is 4.90. The fourth-order valence-electron chi connectivity index (χ4n) is 3.70. The Labute approximate surface area is 152 Å². The molecule has 6 heteroatoms. The Morgan fingerprint density at radius 1 is 1.23 bits per heavy atom. The Hall–Kier alpha value is -2.44. The molecule has 26 heavy (non-hydrogen) atoms. The molecule has 1 fully saturated rings. The van der Waals surface area contributed by atoms with E-state index in [9.17, 15) is 4.79 Å². The maximum Gasteiger partial charge on any atom is 0.192 e. The molecule has 0 N–H and O–H groups in total. The zero-order valence-electron chi connectivity index (χ0n) is 15.0. The van der Waals surface area contributed by atoms with E-state index in [4.69, 9.17) is 4.74 Å². The summed E-state index contributed by atoms with van der Waals surface area (Å²) >= 11 is 0. The highest BCUT2D eigenvalue weighted by Gasteiger charge is 2.20. The van der Waals surface area contributed by atoms with Crippen molar-refractivity contribution in [2.75, 3.05) is 19.7 Å². The number of ether oxygens (including phenoxy) is 1. The van der Waals surface area contributed by atoms with Crippen LogP contribution in [0.4, 0.5) is 0 Å². The molecule has 2 aromatic heterocycles. The molecule has 1 unspecified atom stereocenters. The Kier molecular flexibility index (Phi) is 4.86. The molecule has 0 radical (unpaired) electrons. The summed E-state index contributed by atoms with van der Waals surface area (Å²) in [4.78, 5) is 14.5. The van der Waals surface area contributed by atoms with Gasteiger partial charge >= 0.3 is 0 Å². The van der Waals surface area contributed by atoms with Crippen LogP contribution in [0.25, 0.3) is 11.0 Å². The number of hydrogen-bond donors (Lipinski definition) is 0. The molecule has 1 aliphatic heterocycles. The lowest BCUT2D eigenvalue weighted by molar-refractivity contribution is 0.0420. The Morgan fingerprint density at radius 3 is 2.92 bits per heavy atom. The lowest BCUT2D eigenvalue weighted by Crippen LogP contribution is -2.34.